The summed E-state index contributed by atoms with van der Waals surface area (Å²) in [7, 11) is 0. The highest BCUT2D eigenvalue weighted by Crippen LogP contribution is 2.66. The SMILES string of the molecule is CC1(C)c2ccccc2-c2ccc(N(c3ccc(F)cc3)c3cc4c5c(c3)C(C)(C)c3cccc6c3N5c3c(cccc3C4(C)C)C6(C)C)cc21. The molecule has 10 rings (SSSR count). The summed E-state index contributed by atoms with van der Waals surface area (Å²) in [6, 6.07) is 41.4. The predicted molar refractivity (Wildman–Crippen MR) is 210 cm³/mol. The lowest BCUT2D eigenvalue weighted by atomic mass is 9.61. The lowest BCUT2D eigenvalue weighted by Gasteiger charge is -2.55. The van der Waals surface area contributed by atoms with E-state index in [1.54, 1.807) is 12.1 Å². The number of fused-ring (bicyclic) bond motifs is 3. The molecule has 3 aliphatic heterocycles. The number of hydrogen-bond acceptors (Lipinski definition) is 2. The summed E-state index contributed by atoms with van der Waals surface area (Å²) in [5, 5.41) is 0. The summed E-state index contributed by atoms with van der Waals surface area (Å²) >= 11 is 0. The zero-order valence-corrected chi connectivity index (χ0v) is 30.7. The van der Waals surface area contributed by atoms with Crippen molar-refractivity contribution in [1.82, 2.24) is 0 Å². The molecule has 0 radical (unpaired) electrons. The number of anilines is 6. The van der Waals surface area contributed by atoms with Gasteiger partial charge in [0.15, 0.2) is 0 Å². The molecule has 1 aliphatic carbocycles. The fourth-order valence-corrected chi connectivity index (χ4v) is 10.2. The Bertz CT molecular complexity index is 2410. The van der Waals surface area contributed by atoms with Gasteiger partial charge in [0, 0.05) is 38.7 Å². The van der Waals surface area contributed by atoms with Crippen LogP contribution in [0.2, 0.25) is 0 Å². The normalized spacial score (nSPS) is 18.1. The molecule has 0 saturated heterocycles. The second-order valence-electron chi connectivity index (χ2n) is 17.2. The van der Waals surface area contributed by atoms with Crippen LogP contribution in [-0.2, 0) is 21.7 Å². The van der Waals surface area contributed by atoms with Crippen molar-refractivity contribution < 1.29 is 4.39 Å². The Labute approximate surface area is 301 Å². The minimum absolute atomic E-state index is 0.130. The molecule has 0 amide bonds. The van der Waals surface area contributed by atoms with E-state index in [4.69, 9.17) is 0 Å². The minimum atomic E-state index is -0.270. The Morgan fingerprint density at radius 2 is 0.804 bits per heavy atom. The van der Waals surface area contributed by atoms with E-state index in [1.807, 2.05) is 12.1 Å². The van der Waals surface area contributed by atoms with Crippen molar-refractivity contribution in [3.8, 4) is 11.1 Å². The molecule has 0 aromatic heterocycles. The van der Waals surface area contributed by atoms with E-state index in [9.17, 15) is 4.39 Å². The van der Waals surface area contributed by atoms with Gasteiger partial charge < -0.3 is 9.80 Å². The van der Waals surface area contributed by atoms with E-state index in [-0.39, 0.29) is 27.5 Å². The van der Waals surface area contributed by atoms with Crippen LogP contribution in [0.5, 0.6) is 0 Å². The zero-order chi connectivity index (χ0) is 35.4. The summed E-state index contributed by atoms with van der Waals surface area (Å²) in [4.78, 5) is 4.96. The van der Waals surface area contributed by atoms with Crippen LogP contribution in [-0.4, -0.2) is 0 Å². The van der Waals surface area contributed by atoms with Crippen LogP contribution in [0.1, 0.15) is 99.9 Å². The zero-order valence-electron chi connectivity index (χ0n) is 30.7. The molecule has 6 aromatic carbocycles. The molecule has 0 fully saturated rings. The van der Waals surface area contributed by atoms with Gasteiger partial charge in [0.2, 0.25) is 0 Å². The van der Waals surface area contributed by atoms with Crippen LogP contribution < -0.4 is 9.80 Å². The number of benzene rings is 6. The van der Waals surface area contributed by atoms with Crippen LogP contribution >= 0.6 is 0 Å². The van der Waals surface area contributed by atoms with Gasteiger partial charge in [0.1, 0.15) is 5.82 Å². The van der Waals surface area contributed by atoms with Gasteiger partial charge >= 0.3 is 0 Å². The molecule has 0 spiro atoms. The molecular weight excluding hydrogens is 624 g/mol. The topological polar surface area (TPSA) is 6.48 Å². The Morgan fingerprint density at radius 3 is 1.37 bits per heavy atom. The lowest BCUT2D eigenvalue weighted by molar-refractivity contribution is 0.566. The molecule has 2 nitrogen and oxygen atoms in total. The third-order valence-electron chi connectivity index (χ3n) is 13.0. The van der Waals surface area contributed by atoms with Crippen LogP contribution in [0.15, 0.2) is 115 Å². The molecule has 0 atom stereocenters. The predicted octanol–water partition coefficient (Wildman–Crippen LogP) is 13.0. The molecule has 0 bridgehead atoms. The van der Waals surface area contributed by atoms with E-state index in [1.165, 1.54) is 72.7 Å². The van der Waals surface area contributed by atoms with E-state index in [0.29, 0.717) is 0 Å². The number of rotatable bonds is 3. The fraction of sp³-hybridized carbons (Fsp3) is 0.250. The van der Waals surface area contributed by atoms with Gasteiger partial charge in [-0.1, -0.05) is 122 Å². The van der Waals surface area contributed by atoms with Crippen molar-refractivity contribution in [2.24, 2.45) is 0 Å². The third-order valence-corrected chi connectivity index (χ3v) is 13.0. The summed E-state index contributed by atoms with van der Waals surface area (Å²) in [5.41, 5.74) is 19.6. The van der Waals surface area contributed by atoms with Crippen molar-refractivity contribution in [2.75, 3.05) is 9.80 Å². The van der Waals surface area contributed by atoms with Crippen molar-refractivity contribution in [3.63, 3.8) is 0 Å². The Kier molecular flexibility index (Phi) is 5.76. The second-order valence-corrected chi connectivity index (χ2v) is 17.2. The first kappa shape index (κ1) is 30.7. The first-order valence-electron chi connectivity index (χ1n) is 18.3. The first-order valence-corrected chi connectivity index (χ1v) is 18.3. The van der Waals surface area contributed by atoms with Gasteiger partial charge in [-0.05, 0) is 104 Å². The number of nitrogens with zero attached hydrogens (tertiary/aromatic N) is 2. The highest BCUT2D eigenvalue weighted by atomic mass is 19.1. The molecule has 0 unspecified atom stereocenters. The summed E-state index contributed by atoms with van der Waals surface area (Å²) in [6.07, 6.45) is 0. The van der Waals surface area contributed by atoms with Gasteiger partial charge in [-0.3, -0.25) is 0 Å². The van der Waals surface area contributed by atoms with Crippen LogP contribution in [0.25, 0.3) is 11.1 Å². The van der Waals surface area contributed by atoms with E-state index < -0.39 is 0 Å². The second kappa shape index (κ2) is 9.59. The summed E-state index contributed by atoms with van der Waals surface area (Å²) in [6.45, 7) is 19.0. The lowest BCUT2D eigenvalue weighted by Crippen LogP contribution is -2.43. The largest absolute Gasteiger partial charge is 0.310 e. The Balaban J connectivity index is 1.27. The third kappa shape index (κ3) is 3.72. The van der Waals surface area contributed by atoms with E-state index in [2.05, 4.69) is 156 Å². The Morgan fingerprint density at radius 1 is 0.392 bits per heavy atom. The number of hydrogen-bond donors (Lipinski definition) is 0. The average Bonchev–Trinajstić information content (AvgIpc) is 3.34. The maximum atomic E-state index is 14.5. The van der Waals surface area contributed by atoms with Crippen LogP contribution in [0.4, 0.5) is 38.5 Å². The monoisotopic (exact) mass is 666 g/mol. The smallest absolute Gasteiger partial charge is 0.123 e. The van der Waals surface area contributed by atoms with Gasteiger partial charge in [-0.25, -0.2) is 4.39 Å². The molecule has 0 saturated carbocycles. The highest BCUT2D eigenvalue weighted by molar-refractivity contribution is 5.99. The van der Waals surface area contributed by atoms with Crippen molar-refractivity contribution in [1.29, 1.82) is 0 Å². The van der Waals surface area contributed by atoms with Crippen molar-refractivity contribution in [2.45, 2.75) is 77.0 Å². The van der Waals surface area contributed by atoms with Crippen molar-refractivity contribution >= 4 is 34.1 Å². The average molecular weight is 667 g/mol. The maximum Gasteiger partial charge on any atom is 0.123 e. The molecule has 51 heavy (non-hydrogen) atoms. The van der Waals surface area contributed by atoms with Gasteiger partial charge in [-0.2, -0.15) is 0 Å². The molecular formula is C48H43FN2. The van der Waals surface area contributed by atoms with E-state index in [0.717, 1.165) is 17.1 Å². The van der Waals surface area contributed by atoms with Gasteiger partial charge in [-0.15, -0.1) is 0 Å². The first-order chi connectivity index (χ1) is 24.2. The molecule has 4 aliphatic rings. The molecule has 0 N–H and O–H groups in total. The summed E-state index contributed by atoms with van der Waals surface area (Å²) in [5.74, 6) is -0.236. The number of halogens is 1. The quantitative estimate of drug-likeness (QED) is 0.185. The number of para-hydroxylation sites is 2. The standard InChI is InChI=1S/C48H43FN2/c1-45(2)34-14-10-9-13-32(34)33-24-23-30(25-39(33)45)50(29-21-19-28(49)20-22-29)31-26-40-44-41(27-31)48(7,8)38-18-12-16-36-43(38)51(44)42-35(46(36,3)4)15-11-17-37(42)47(40,5)6/h9-27H,1-8H3. The Hall–Kier alpha value is -5.15. The minimum Gasteiger partial charge on any atom is -0.310 e. The van der Waals surface area contributed by atoms with Gasteiger partial charge in [0.25, 0.3) is 0 Å². The highest BCUT2D eigenvalue weighted by Gasteiger charge is 2.52. The molecule has 252 valence electrons. The summed E-state index contributed by atoms with van der Waals surface area (Å²) < 4.78 is 14.5. The van der Waals surface area contributed by atoms with E-state index >= 15 is 0 Å². The van der Waals surface area contributed by atoms with Crippen LogP contribution in [0, 0.1) is 5.82 Å². The molecule has 3 heteroatoms. The molecule has 6 aromatic rings. The molecule has 3 heterocycles. The van der Waals surface area contributed by atoms with Crippen molar-refractivity contribution in [3.05, 3.63) is 166 Å². The van der Waals surface area contributed by atoms with Gasteiger partial charge in [0.05, 0.1) is 17.1 Å². The fourth-order valence-electron chi connectivity index (χ4n) is 10.2. The van der Waals surface area contributed by atoms with Crippen LogP contribution in [0.3, 0.4) is 0 Å². The maximum absolute atomic E-state index is 14.5.